The quantitative estimate of drug-likeness (QED) is 0.403. The molecule has 0 amide bonds. The number of hydrogen-bond acceptors (Lipinski definition) is 6. The molecule has 7 heteroatoms. The Hall–Kier alpha value is -0.790. The van der Waals surface area contributed by atoms with E-state index in [1.165, 1.54) is 0 Å². The lowest BCUT2D eigenvalue weighted by molar-refractivity contribution is -0.769. The van der Waals surface area contributed by atoms with Crippen LogP contribution >= 0.6 is 11.8 Å². The van der Waals surface area contributed by atoms with Gasteiger partial charge in [0.05, 0.1) is 18.5 Å². The van der Waals surface area contributed by atoms with Gasteiger partial charge in [-0.1, -0.05) is 6.08 Å². The third kappa shape index (κ3) is 2.31. The maximum atomic E-state index is 10.3. The monoisotopic (exact) mass is 247 g/mol. The molecule has 6 nitrogen and oxygen atoms in total. The van der Waals surface area contributed by atoms with E-state index in [-0.39, 0.29) is 24.1 Å². The molecule has 90 valence electrons. The predicted molar refractivity (Wildman–Crippen MR) is 57.8 cm³/mol. The molecule has 2 rings (SSSR count). The molecule has 2 saturated heterocycles. The molecule has 0 aromatic heterocycles. The number of nitrogens with zero attached hydrogens (tertiary/aromatic N) is 1. The number of thioether (sulfide) groups is 1. The second-order valence-corrected chi connectivity index (χ2v) is 4.90. The fraction of sp³-hybridized carbons (Fsp3) is 0.778. The molecule has 0 saturated carbocycles. The molecule has 0 bridgehead atoms. The highest BCUT2D eigenvalue weighted by Crippen LogP contribution is 2.34. The van der Waals surface area contributed by atoms with E-state index < -0.39 is 11.2 Å². The van der Waals surface area contributed by atoms with Gasteiger partial charge in [0.1, 0.15) is 12.2 Å². The molecule has 16 heavy (non-hydrogen) atoms. The van der Waals surface area contributed by atoms with Crippen LogP contribution in [0.25, 0.3) is 0 Å². The van der Waals surface area contributed by atoms with Crippen LogP contribution in [0.15, 0.2) is 12.7 Å². The molecular weight excluding hydrogens is 234 g/mol. The third-order valence-corrected chi connectivity index (χ3v) is 3.87. The van der Waals surface area contributed by atoms with E-state index in [4.69, 9.17) is 9.47 Å². The molecule has 0 radical (unpaired) electrons. The van der Waals surface area contributed by atoms with Crippen LogP contribution in [-0.2, 0) is 14.3 Å². The number of hydrogen-bond donors (Lipinski definition) is 0. The minimum atomic E-state index is -0.788. The van der Waals surface area contributed by atoms with Gasteiger partial charge in [-0.25, -0.2) is 0 Å². The van der Waals surface area contributed by atoms with Gasteiger partial charge >= 0.3 is 0 Å². The summed E-state index contributed by atoms with van der Waals surface area (Å²) in [6.45, 7) is 4.42. The van der Waals surface area contributed by atoms with Gasteiger partial charge in [0, 0.05) is 5.75 Å². The standard InChI is InChI=1S/C9H13NO5S/c1-2-3-16-7-5-14-8-6(15-10(11)12)4-13-9(7)8/h2,6-9H,1,3-5H2/t6-,7+,8-,9-/m1/s1. The second-order valence-electron chi connectivity index (χ2n) is 3.62. The van der Waals surface area contributed by atoms with Gasteiger partial charge in [-0.3, -0.25) is 0 Å². The Morgan fingerprint density at radius 3 is 2.94 bits per heavy atom. The van der Waals surface area contributed by atoms with Crippen molar-refractivity contribution in [3.63, 3.8) is 0 Å². The Labute approximate surface area is 97.0 Å². The van der Waals surface area contributed by atoms with Crippen molar-refractivity contribution in [2.24, 2.45) is 0 Å². The first-order valence-corrected chi connectivity index (χ1v) is 6.04. The summed E-state index contributed by atoms with van der Waals surface area (Å²) in [4.78, 5) is 14.8. The Bertz CT molecular complexity index is 287. The van der Waals surface area contributed by atoms with Crippen LogP contribution in [0.5, 0.6) is 0 Å². The molecule has 2 heterocycles. The first-order chi connectivity index (χ1) is 7.72. The molecule has 2 aliphatic heterocycles. The third-order valence-electron chi connectivity index (χ3n) is 2.61. The maximum Gasteiger partial charge on any atom is 0.294 e. The van der Waals surface area contributed by atoms with Crippen LogP contribution in [0.3, 0.4) is 0 Å². The van der Waals surface area contributed by atoms with Crippen molar-refractivity contribution in [2.75, 3.05) is 19.0 Å². The summed E-state index contributed by atoms with van der Waals surface area (Å²) < 4.78 is 11.0. The molecule has 0 aliphatic carbocycles. The van der Waals surface area contributed by atoms with Crippen LogP contribution in [0.1, 0.15) is 0 Å². The van der Waals surface area contributed by atoms with Gasteiger partial charge in [-0.05, 0) is 0 Å². The molecular formula is C9H13NO5S. The van der Waals surface area contributed by atoms with E-state index in [0.717, 1.165) is 5.75 Å². The predicted octanol–water partition coefficient (Wildman–Crippen LogP) is 0.649. The summed E-state index contributed by atoms with van der Waals surface area (Å²) in [5.74, 6) is 0.821. The summed E-state index contributed by atoms with van der Waals surface area (Å²) in [7, 11) is 0. The zero-order valence-electron chi connectivity index (χ0n) is 8.61. The average Bonchev–Trinajstić information content (AvgIpc) is 2.78. The average molecular weight is 247 g/mol. The summed E-state index contributed by atoms with van der Waals surface area (Å²) in [6.07, 6.45) is 0.815. The van der Waals surface area contributed by atoms with Gasteiger partial charge in [0.25, 0.3) is 5.09 Å². The minimum absolute atomic E-state index is 0.102. The Balaban J connectivity index is 1.90. The summed E-state index contributed by atoms with van der Waals surface area (Å²) in [5, 5.41) is 9.67. The SMILES string of the molecule is C=CCS[C@H]1CO[C@H]2[C@@H]1OC[C@H]2O[N+](=O)[O-]. The summed E-state index contributed by atoms with van der Waals surface area (Å²) in [6, 6.07) is 0. The highest BCUT2D eigenvalue weighted by atomic mass is 32.2. The first kappa shape index (κ1) is 11.7. The molecule has 2 aliphatic rings. The fourth-order valence-corrected chi connectivity index (χ4v) is 2.95. The lowest BCUT2D eigenvalue weighted by Gasteiger charge is -2.14. The largest absolute Gasteiger partial charge is 0.372 e. The van der Waals surface area contributed by atoms with Crippen molar-refractivity contribution in [2.45, 2.75) is 23.6 Å². The number of ether oxygens (including phenoxy) is 2. The van der Waals surface area contributed by atoms with E-state index in [1.807, 2.05) is 6.08 Å². The highest BCUT2D eigenvalue weighted by Gasteiger charge is 2.49. The zero-order valence-corrected chi connectivity index (χ0v) is 9.43. The topological polar surface area (TPSA) is 70.8 Å². The zero-order chi connectivity index (χ0) is 11.5. The van der Waals surface area contributed by atoms with Crippen molar-refractivity contribution >= 4 is 11.8 Å². The summed E-state index contributed by atoms with van der Waals surface area (Å²) in [5.41, 5.74) is 0. The number of rotatable bonds is 5. The van der Waals surface area contributed by atoms with Gasteiger partial charge in [-0.2, -0.15) is 0 Å². The minimum Gasteiger partial charge on any atom is -0.372 e. The highest BCUT2D eigenvalue weighted by molar-refractivity contribution is 8.00. The lowest BCUT2D eigenvalue weighted by Crippen LogP contribution is -2.33. The van der Waals surface area contributed by atoms with Gasteiger partial charge in [0.2, 0.25) is 0 Å². The summed E-state index contributed by atoms with van der Waals surface area (Å²) >= 11 is 1.69. The molecule has 4 atom stereocenters. The lowest BCUT2D eigenvalue weighted by atomic mass is 10.1. The molecule has 0 aromatic rings. The molecule has 0 unspecified atom stereocenters. The van der Waals surface area contributed by atoms with Gasteiger partial charge in [0.15, 0.2) is 6.10 Å². The van der Waals surface area contributed by atoms with Crippen molar-refractivity contribution in [3.8, 4) is 0 Å². The second kappa shape index (κ2) is 5.03. The molecule has 0 aromatic carbocycles. The smallest absolute Gasteiger partial charge is 0.294 e. The van der Waals surface area contributed by atoms with Crippen LogP contribution in [0, 0.1) is 10.1 Å². The van der Waals surface area contributed by atoms with E-state index in [2.05, 4.69) is 11.4 Å². The van der Waals surface area contributed by atoms with Crippen molar-refractivity contribution in [1.29, 1.82) is 0 Å². The Morgan fingerprint density at radius 2 is 2.25 bits per heavy atom. The van der Waals surface area contributed by atoms with Crippen LogP contribution in [-0.4, -0.2) is 47.6 Å². The Morgan fingerprint density at radius 1 is 1.50 bits per heavy atom. The molecule has 0 spiro atoms. The van der Waals surface area contributed by atoms with Gasteiger partial charge < -0.3 is 14.3 Å². The molecule has 0 N–H and O–H groups in total. The maximum absolute atomic E-state index is 10.3. The van der Waals surface area contributed by atoms with Crippen LogP contribution < -0.4 is 0 Å². The number of fused-ring (bicyclic) bond motifs is 1. The van der Waals surface area contributed by atoms with Crippen LogP contribution in [0.2, 0.25) is 0 Å². The van der Waals surface area contributed by atoms with E-state index >= 15 is 0 Å². The first-order valence-electron chi connectivity index (χ1n) is 4.99. The fourth-order valence-electron chi connectivity index (χ4n) is 1.96. The Kier molecular flexibility index (Phi) is 3.67. The van der Waals surface area contributed by atoms with Gasteiger partial charge in [-0.15, -0.1) is 28.5 Å². The van der Waals surface area contributed by atoms with Crippen molar-refractivity contribution in [1.82, 2.24) is 0 Å². The van der Waals surface area contributed by atoms with Crippen LogP contribution in [0.4, 0.5) is 0 Å². The van der Waals surface area contributed by atoms with E-state index in [0.29, 0.717) is 6.61 Å². The van der Waals surface area contributed by atoms with Crippen molar-refractivity contribution in [3.05, 3.63) is 22.8 Å². The van der Waals surface area contributed by atoms with Crippen molar-refractivity contribution < 1.29 is 19.4 Å². The molecule has 2 fully saturated rings. The van der Waals surface area contributed by atoms with E-state index in [1.54, 1.807) is 11.8 Å². The normalized spacial score (nSPS) is 37.0. The van der Waals surface area contributed by atoms with E-state index in [9.17, 15) is 10.1 Å².